The Labute approximate surface area is 158 Å². The minimum Gasteiger partial charge on any atom is -0.391 e. The third-order valence-corrected chi connectivity index (χ3v) is 8.13. The lowest BCUT2D eigenvalue weighted by atomic mass is 9.59. The number of rotatable bonds is 11. The molecule has 0 bridgehead atoms. The Bertz CT molecular complexity index is 437. The van der Waals surface area contributed by atoms with Crippen molar-refractivity contribution in [1.29, 1.82) is 0 Å². The van der Waals surface area contributed by atoms with E-state index in [4.69, 9.17) is 0 Å². The largest absolute Gasteiger partial charge is 0.391 e. The molecule has 0 spiro atoms. The molecule has 25 heavy (non-hydrogen) atoms. The highest BCUT2D eigenvalue weighted by molar-refractivity contribution is 5.13. The van der Waals surface area contributed by atoms with E-state index >= 15 is 0 Å². The first-order valence-corrected chi connectivity index (χ1v) is 10.6. The highest BCUT2D eigenvalue weighted by Crippen LogP contribution is 2.53. The van der Waals surface area contributed by atoms with E-state index in [0.717, 1.165) is 6.42 Å². The van der Waals surface area contributed by atoms with Crippen molar-refractivity contribution >= 4 is 0 Å². The van der Waals surface area contributed by atoms with Crippen LogP contribution in [0, 0.1) is 16.2 Å². The summed E-state index contributed by atoms with van der Waals surface area (Å²) in [6, 6.07) is 0. The predicted molar refractivity (Wildman–Crippen MR) is 113 cm³/mol. The molecule has 1 rings (SSSR count). The molecule has 1 saturated heterocycles. The third-order valence-electron chi connectivity index (χ3n) is 8.13. The molecule has 2 nitrogen and oxygen atoms in total. The summed E-state index contributed by atoms with van der Waals surface area (Å²) in [5.41, 5.74) is 2.41. The Morgan fingerprint density at radius 1 is 1.04 bits per heavy atom. The van der Waals surface area contributed by atoms with Crippen molar-refractivity contribution in [2.75, 3.05) is 20.1 Å². The van der Waals surface area contributed by atoms with Crippen LogP contribution in [0.25, 0.3) is 0 Å². The van der Waals surface area contributed by atoms with Gasteiger partial charge in [0.15, 0.2) is 0 Å². The van der Waals surface area contributed by atoms with E-state index < -0.39 is 0 Å². The molecule has 0 radical (unpaired) electrons. The fraction of sp³-hybridized carbons (Fsp3) is 0.913. The molecule has 148 valence electrons. The van der Waals surface area contributed by atoms with E-state index in [-0.39, 0.29) is 16.4 Å². The van der Waals surface area contributed by atoms with Crippen LogP contribution in [0.2, 0.25) is 0 Å². The number of nitrogens with one attached hydrogen (secondary N) is 1. The van der Waals surface area contributed by atoms with Gasteiger partial charge in [-0.3, -0.25) is 4.90 Å². The van der Waals surface area contributed by atoms with Crippen LogP contribution < -0.4 is 5.32 Å². The lowest BCUT2D eigenvalue weighted by Crippen LogP contribution is -2.67. The molecule has 1 aliphatic heterocycles. The second-order valence-corrected chi connectivity index (χ2v) is 9.80. The molecular weight excluding hydrogens is 304 g/mol. The normalized spacial score (nSPS) is 20.7. The first kappa shape index (κ1) is 22.5. The van der Waals surface area contributed by atoms with Crippen LogP contribution in [0.1, 0.15) is 93.9 Å². The highest BCUT2D eigenvalue weighted by atomic mass is 15.3. The molecule has 2 heteroatoms. The average Bonchev–Trinajstić information content (AvgIpc) is 2.53. The molecule has 1 fully saturated rings. The molecule has 0 aromatic rings. The van der Waals surface area contributed by atoms with E-state index in [9.17, 15) is 0 Å². The van der Waals surface area contributed by atoms with Gasteiger partial charge in [0.25, 0.3) is 0 Å². The summed E-state index contributed by atoms with van der Waals surface area (Å²) in [5.74, 6) is 0. The number of allylic oxidation sites excluding steroid dienone is 1. The minimum atomic E-state index is 0.196. The number of nitrogens with zero attached hydrogens (tertiary/aromatic N) is 1. The van der Waals surface area contributed by atoms with Crippen molar-refractivity contribution in [1.82, 2.24) is 10.2 Å². The van der Waals surface area contributed by atoms with E-state index in [1.807, 2.05) is 7.05 Å². The van der Waals surface area contributed by atoms with Crippen molar-refractivity contribution in [3.05, 3.63) is 12.3 Å². The second-order valence-electron chi connectivity index (χ2n) is 9.80. The minimum absolute atomic E-state index is 0.196. The summed E-state index contributed by atoms with van der Waals surface area (Å²) in [4.78, 5) is 2.74. The highest BCUT2D eigenvalue weighted by Gasteiger charge is 2.53. The van der Waals surface area contributed by atoms with Crippen LogP contribution in [0.15, 0.2) is 12.3 Å². The van der Waals surface area contributed by atoms with Crippen LogP contribution in [0.3, 0.4) is 0 Å². The summed E-state index contributed by atoms with van der Waals surface area (Å²) >= 11 is 0. The van der Waals surface area contributed by atoms with Crippen molar-refractivity contribution in [2.24, 2.45) is 16.2 Å². The predicted octanol–water partition coefficient (Wildman–Crippen LogP) is 6.23. The number of hydrogen-bond donors (Lipinski definition) is 1. The molecule has 0 aliphatic carbocycles. The first-order chi connectivity index (χ1) is 11.5. The van der Waals surface area contributed by atoms with Crippen LogP contribution in [0.4, 0.5) is 0 Å². The zero-order chi connectivity index (χ0) is 19.5. The van der Waals surface area contributed by atoms with Gasteiger partial charge in [-0.25, -0.2) is 0 Å². The Balaban J connectivity index is 3.02. The number of likely N-dealkylation sites (tertiary alicyclic amines) is 1. The van der Waals surface area contributed by atoms with Gasteiger partial charge in [0.05, 0.1) is 0 Å². The maximum Gasteiger partial charge on any atom is 0.0204 e. The molecule has 1 aliphatic rings. The topological polar surface area (TPSA) is 15.3 Å². The summed E-state index contributed by atoms with van der Waals surface area (Å²) in [6.07, 6.45) is 7.40. The zero-order valence-corrected chi connectivity index (χ0v) is 18.8. The average molecular weight is 351 g/mol. The standard InChI is InChI=1S/C23H46N2/c1-11-15-23(14-4,19(5)24-10)16-20(6,7)21(8,9)25-17-22(12-2,13-3)18-25/h24H,5,11-18H2,1-4,6-10H3. The first-order valence-electron chi connectivity index (χ1n) is 10.6. The molecule has 0 aromatic heterocycles. The van der Waals surface area contributed by atoms with E-state index in [2.05, 4.69) is 72.2 Å². The Morgan fingerprint density at radius 3 is 1.92 bits per heavy atom. The third kappa shape index (κ3) is 4.10. The summed E-state index contributed by atoms with van der Waals surface area (Å²) in [7, 11) is 2.03. The maximum absolute atomic E-state index is 4.41. The van der Waals surface area contributed by atoms with Gasteiger partial charge in [0.1, 0.15) is 0 Å². The van der Waals surface area contributed by atoms with Gasteiger partial charge in [0.2, 0.25) is 0 Å². The Kier molecular flexibility index (Phi) is 7.24. The fourth-order valence-corrected chi connectivity index (χ4v) is 4.95. The fourth-order valence-electron chi connectivity index (χ4n) is 4.95. The molecule has 0 aromatic carbocycles. The van der Waals surface area contributed by atoms with Crippen molar-refractivity contribution in [2.45, 2.75) is 99.5 Å². The quantitative estimate of drug-likeness (QED) is 0.475. The monoisotopic (exact) mass is 350 g/mol. The summed E-state index contributed by atoms with van der Waals surface area (Å²) in [6.45, 7) is 26.2. The number of hydrogen-bond acceptors (Lipinski definition) is 2. The Hall–Kier alpha value is -0.500. The molecule has 1 unspecified atom stereocenters. The van der Waals surface area contributed by atoms with Crippen molar-refractivity contribution in [3.8, 4) is 0 Å². The van der Waals surface area contributed by atoms with Crippen LogP contribution in [0.5, 0.6) is 0 Å². The summed E-state index contributed by atoms with van der Waals surface area (Å²) in [5, 5.41) is 3.40. The molecule has 1 heterocycles. The van der Waals surface area contributed by atoms with Crippen LogP contribution >= 0.6 is 0 Å². The molecular formula is C23H46N2. The van der Waals surface area contributed by atoms with Crippen LogP contribution in [-0.2, 0) is 0 Å². The second kappa shape index (κ2) is 8.03. The lowest BCUT2D eigenvalue weighted by Gasteiger charge is -2.62. The lowest BCUT2D eigenvalue weighted by molar-refractivity contribution is -0.122. The molecule has 1 N–H and O–H groups in total. The van der Waals surface area contributed by atoms with Gasteiger partial charge in [-0.2, -0.15) is 0 Å². The van der Waals surface area contributed by atoms with Gasteiger partial charge in [-0.1, -0.05) is 54.5 Å². The van der Waals surface area contributed by atoms with Crippen molar-refractivity contribution in [3.63, 3.8) is 0 Å². The Morgan fingerprint density at radius 2 is 1.56 bits per heavy atom. The van der Waals surface area contributed by atoms with Gasteiger partial charge in [-0.05, 0) is 56.8 Å². The SMILES string of the molecule is C=C(NC)C(CC)(CCC)CC(C)(C)C(C)(C)N1CC(CC)(CC)C1. The maximum atomic E-state index is 4.41. The van der Waals surface area contributed by atoms with Crippen molar-refractivity contribution < 1.29 is 0 Å². The summed E-state index contributed by atoms with van der Waals surface area (Å²) < 4.78 is 0. The molecule has 0 saturated carbocycles. The van der Waals surface area contributed by atoms with Crippen LogP contribution in [-0.4, -0.2) is 30.6 Å². The van der Waals surface area contributed by atoms with E-state index in [1.54, 1.807) is 0 Å². The van der Waals surface area contributed by atoms with Gasteiger partial charge in [-0.15, -0.1) is 0 Å². The zero-order valence-electron chi connectivity index (χ0n) is 18.8. The van der Waals surface area contributed by atoms with E-state index in [1.165, 1.54) is 50.9 Å². The molecule has 1 atom stereocenters. The smallest absolute Gasteiger partial charge is 0.0204 e. The van der Waals surface area contributed by atoms with Gasteiger partial charge in [0, 0.05) is 36.8 Å². The van der Waals surface area contributed by atoms with E-state index in [0.29, 0.717) is 5.41 Å². The van der Waals surface area contributed by atoms with Gasteiger partial charge >= 0.3 is 0 Å². The molecule has 0 amide bonds. The van der Waals surface area contributed by atoms with Gasteiger partial charge < -0.3 is 5.32 Å².